The van der Waals surface area contributed by atoms with Gasteiger partial charge in [-0.2, -0.15) is 5.10 Å². The van der Waals surface area contributed by atoms with Crippen LogP contribution in [0.1, 0.15) is 11.1 Å². The van der Waals surface area contributed by atoms with Crippen molar-refractivity contribution < 1.29 is 4.39 Å². The third-order valence-corrected chi connectivity index (χ3v) is 3.22. The van der Waals surface area contributed by atoms with Crippen LogP contribution in [0.3, 0.4) is 0 Å². The van der Waals surface area contributed by atoms with Gasteiger partial charge in [-0.15, -0.1) is 0 Å². The first-order valence-electron chi connectivity index (χ1n) is 6.21. The van der Waals surface area contributed by atoms with Gasteiger partial charge in [-0.3, -0.25) is 5.43 Å². The zero-order valence-corrected chi connectivity index (χ0v) is 12.6. The Morgan fingerprint density at radius 2 is 1.95 bits per heavy atom. The SMILES string of the molecule is Fc1cccc(Cl)c1C=NNC(=S)NCc1ccccc1. The van der Waals surface area contributed by atoms with E-state index in [0.29, 0.717) is 16.7 Å². The highest BCUT2D eigenvalue weighted by Crippen LogP contribution is 2.16. The van der Waals surface area contributed by atoms with Crippen LogP contribution in [-0.4, -0.2) is 11.3 Å². The normalized spacial score (nSPS) is 10.6. The van der Waals surface area contributed by atoms with Crippen molar-refractivity contribution in [3.63, 3.8) is 0 Å². The van der Waals surface area contributed by atoms with E-state index < -0.39 is 5.82 Å². The fourth-order valence-corrected chi connectivity index (χ4v) is 1.94. The molecule has 0 unspecified atom stereocenters. The van der Waals surface area contributed by atoms with Crippen LogP contribution in [0.15, 0.2) is 53.6 Å². The van der Waals surface area contributed by atoms with Crippen molar-refractivity contribution in [1.29, 1.82) is 0 Å². The number of halogens is 2. The van der Waals surface area contributed by atoms with Crippen LogP contribution in [0.2, 0.25) is 5.02 Å². The number of thiocarbonyl (C=S) groups is 1. The molecule has 108 valence electrons. The van der Waals surface area contributed by atoms with E-state index in [1.807, 2.05) is 30.3 Å². The molecule has 2 aromatic rings. The molecule has 0 aromatic heterocycles. The summed E-state index contributed by atoms with van der Waals surface area (Å²) in [5, 5.41) is 7.51. The third-order valence-electron chi connectivity index (χ3n) is 2.66. The summed E-state index contributed by atoms with van der Waals surface area (Å²) in [6.07, 6.45) is 1.30. The van der Waals surface area contributed by atoms with Gasteiger partial charge in [-0.05, 0) is 29.9 Å². The Morgan fingerprint density at radius 1 is 1.19 bits per heavy atom. The molecule has 3 nitrogen and oxygen atoms in total. The van der Waals surface area contributed by atoms with Crippen molar-refractivity contribution in [2.75, 3.05) is 0 Å². The molecule has 0 aliphatic rings. The molecule has 0 amide bonds. The van der Waals surface area contributed by atoms with Gasteiger partial charge in [-0.1, -0.05) is 48.0 Å². The second kappa shape index (κ2) is 7.71. The highest BCUT2D eigenvalue weighted by Gasteiger charge is 2.03. The van der Waals surface area contributed by atoms with E-state index in [-0.39, 0.29) is 5.56 Å². The van der Waals surface area contributed by atoms with E-state index in [0.717, 1.165) is 5.56 Å². The van der Waals surface area contributed by atoms with E-state index in [9.17, 15) is 4.39 Å². The molecule has 0 radical (unpaired) electrons. The molecule has 21 heavy (non-hydrogen) atoms. The van der Waals surface area contributed by atoms with Crippen LogP contribution in [0.25, 0.3) is 0 Å². The van der Waals surface area contributed by atoms with Crippen LogP contribution in [0.4, 0.5) is 4.39 Å². The smallest absolute Gasteiger partial charge is 0.187 e. The van der Waals surface area contributed by atoms with Crippen molar-refractivity contribution in [3.8, 4) is 0 Å². The number of nitrogens with zero attached hydrogens (tertiary/aromatic N) is 1. The number of benzene rings is 2. The fraction of sp³-hybridized carbons (Fsp3) is 0.0667. The average molecular weight is 322 g/mol. The van der Waals surface area contributed by atoms with E-state index >= 15 is 0 Å². The zero-order chi connectivity index (χ0) is 15.1. The predicted octanol–water partition coefficient (Wildman–Crippen LogP) is 3.48. The summed E-state index contributed by atoms with van der Waals surface area (Å²) in [6, 6.07) is 14.3. The second-order valence-electron chi connectivity index (χ2n) is 4.17. The zero-order valence-electron chi connectivity index (χ0n) is 11.0. The molecule has 0 aliphatic heterocycles. The molecule has 0 spiro atoms. The minimum Gasteiger partial charge on any atom is -0.357 e. The van der Waals surface area contributed by atoms with E-state index in [4.69, 9.17) is 23.8 Å². The van der Waals surface area contributed by atoms with Gasteiger partial charge in [0.05, 0.1) is 11.2 Å². The predicted molar refractivity (Wildman–Crippen MR) is 88.0 cm³/mol. The molecule has 0 bridgehead atoms. The number of rotatable bonds is 4. The molecule has 2 rings (SSSR count). The summed E-state index contributed by atoms with van der Waals surface area (Å²) in [5.74, 6) is -0.434. The monoisotopic (exact) mass is 321 g/mol. The molecule has 0 fully saturated rings. The van der Waals surface area contributed by atoms with Gasteiger partial charge in [0.15, 0.2) is 5.11 Å². The van der Waals surface area contributed by atoms with E-state index in [1.54, 1.807) is 6.07 Å². The first kappa shape index (κ1) is 15.4. The lowest BCUT2D eigenvalue weighted by molar-refractivity contribution is 0.626. The highest BCUT2D eigenvalue weighted by molar-refractivity contribution is 7.80. The maximum absolute atomic E-state index is 13.5. The molecule has 0 heterocycles. The molecular formula is C15H13ClFN3S. The molecule has 6 heteroatoms. The molecule has 0 saturated heterocycles. The van der Waals surface area contributed by atoms with Gasteiger partial charge in [-0.25, -0.2) is 4.39 Å². The summed E-state index contributed by atoms with van der Waals surface area (Å²) < 4.78 is 13.5. The Labute approximate surface area is 132 Å². The van der Waals surface area contributed by atoms with Gasteiger partial charge in [0.2, 0.25) is 0 Å². The van der Waals surface area contributed by atoms with Crippen LogP contribution in [-0.2, 0) is 6.54 Å². The summed E-state index contributed by atoms with van der Waals surface area (Å²) in [5.41, 5.74) is 3.94. The summed E-state index contributed by atoms with van der Waals surface area (Å²) in [4.78, 5) is 0. The Balaban J connectivity index is 1.85. The Bertz CT molecular complexity index is 626. The summed E-state index contributed by atoms with van der Waals surface area (Å²) in [6.45, 7) is 0.586. The molecule has 2 aromatic carbocycles. The minimum atomic E-state index is -0.434. The molecular weight excluding hydrogens is 309 g/mol. The first-order chi connectivity index (χ1) is 10.2. The first-order valence-corrected chi connectivity index (χ1v) is 7.00. The second-order valence-corrected chi connectivity index (χ2v) is 4.99. The number of hydrogen-bond donors (Lipinski definition) is 2. The summed E-state index contributed by atoms with van der Waals surface area (Å²) >= 11 is 11.0. The van der Waals surface area contributed by atoms with Gasteiger partial charge in [0, 0.05) is 12.1 Å². The number of nitrogens with one attached hydrogen (secondary N) is 2. The maximum Gasteiger partial charge on any atom is 0.187 e. The van der Waals surface area contributed by atoms with Crippen LogP contribution < -0.4 is 10.7 Å². The van der Waals surface area contributed by atoms with Crippen molar-refractivity contribution in [2.24, 2.45) is 5.10 Å². The van der Waals surface area contributed by atoms with Gasteiger partial charge in [0.25, 0.3) is 0 Å². The lowest BCUT2D eigenvalue weighted by atomic mass is 10.2. The molecule has 0 aliphatic carbocycles. The largest absolute Gasteiger partial charge is 0.357 e. The van der Waals surface area contributed by atoms with Crippen LogP contribution in [0, 0.1) is 5.82 Å². The van der Waals surface area contributed by atoms with Crippen molar-refractivity contribution in [3.05, 3.63) is 70.5 Å². The molecule has 0 atom stereocenters. The van der Waals surface area contributed by atoms with Crippen molar-refractivity contribution in [1.82, 2.24) is 10.7 Å². The third kappa shape index (κ3) is 4.81. The summed E-state index contributed by atoms with van der Waals surface area (Å²) in [7, 11) is 0. The van der Waals surface area contributed by atoms with E-state index in [1.165, 1.54) is 18.3 Å². The van der Waals surface area contributed by atoms with Gasteiger partial charge in [0.1, 0.15) is 5.82 Å². The van der Waals surface area contributed by atoms with Gasteiger partial charge < -0.3 is 5.32 Å². The number of hydrazone groups is 1. The molecule has 0 saturated carbocycles. The molecule has 2 N–H and O–H groups in total. The van der Waals surface area contributed by atoms with Crippen LogP contribution >= 0.6 is 23.8 Å². The Hall–Kier alpha value is -1.98. The Morgan fingerprint density at radius 3 is 2.67 bits per heavy atom. The maximum atomic E-state index is 13.5. The highest BCUT2D eigenvalue weighted by atomic mass is 35.5. The van der Waals surface area contributed by atoms with Crippen molar-refractivity contribution >= 4 is 35.1 Å². The Kier molecular flexibility index (Phi) is 5.66. The standard InChI is InChI=1S/C15H13ClFN3S/c16-13-7-4-8-14(17)12(13)10-19-20-15(21)18-9-11-5-2-1-3-6-11/h1-8,10H,9H2,(H2,18,20,21). The van der Waals surface area contributed by atoms with E-state index in [2.05, 4.69) is 15.8 Å². The minimum absolute atomic E-state index is 0.220. The quantitative estimate of drug-likeness (QED) is 0.514. The average Bonchev–Trinajstić information content (AvgIpc) is 2.49. The lowest BCUT2D eigenvalue weighted by Gasteiger charge is -2.07. The van der Waals surface area contributed by atoms with Gasteiger partial charge >= 0.3 is 0 Å². The fourth-order valence-electron chi connectivity index (χ4n) is 1.61. The van der Waals surface area contributed by atoms with Crippen molar-refractivity contribution in [2.45, 2.75) is 6.54 Å². The lowest BCUT2D eigenvalue weighted by Crippen LogP contribution is -2.31. The topological polar surface area (TPSA) is 36.4 Å². The van der Waals surface area contributed by atoms with Crippen LogP contribution in [0.5, 0.6) is 0 Å². The number of hydrogen-bond acceptors (Lipinski definition) is 2.